The smallest absolute Gasteiger partial charge is 0.0982 e. The fourth-order valence-corrected chi connectivity index (χ4v) is 2.68. The van der Waals surface area contributed by atoms with Gasteiger partial charge >= 0.3 is 0 Å². The number of aliphatic hydroxyl groups is 1. The third kappa shape index (κ3) is 2.17. The molecule has 2 rings (SSSR count). The molecule has 0 aliphatic carbocycles. The fourth-order valence-electron chi connectivity index (χ4n) is 1.56. The van der Waals surface area contributed by atoms with Gasteiger partial charge in [-0.05, 0) is 18.6 Å². The number of hydrogen-bond acceptors (Lipinski definition) is 4. The molecule has 1 heterocycles. The monoisotopic (exact) mass is 222 g/mol. The van der Waals surface area contributed by atoms with E-state index in [-0.39, 0.29) is 12.5 Å². The van der Waals surface area contributed by atoms with Crippen LogP contribution in [0.2, 0.25) is 0 Å². The first-order valence-electron chi connectivity index (χ1n) is 5.01. The lowest BCUT2D eigenvalue weighted by atomic mass is 10.1. The second-order valence-corrected chi connectivity index (χ2v) is 4.53. The second-order valence-electron chi connectivity index (χ2n) is 3.46. The van der Waals surface area contributed by atoms with Crippen molar-refractivity contribution in [1.82, 2.24) is 4.98 Å². The number of rotatable bonds is 4. The minimum Gasteiger partial charge on any atom is -0.396 e. The van der Waals surface area contributed by atoms with Crippen LogP contribution in [0.1, 0.15) is 17.3 Å². The number of thiazole rings is 1. The zero-order valence-corrected chi connectivity index (χ0v) is 9.20. The quantitative estimate of drug-likeness (QED) is 0.828. The molecule has 0 amide bonds. The maximum atomic E-state index is 8.93. The van der Waals surface area contributed by atoms with Gasteiger partial charge in [-0.1, -0.05) is 12.1 Å². The highest BCUT2D eigenvalue weighted by Crippen LogP contribution is 2.28. The molecule has 0 spiro atoms. The Morgan fingerprint density at radius 3 is 2.87 bits per heavy atom. The first-order valence-corrected chi connectivity index (χ1v) is 5.83. The first-order chi connectivity index (χ1) is 7.35. The second kappa shape index (κ2) is 4.70. The Labute approximate surface area is 92.6 Å². The van der Waals surface area contributed by atoms with E-state index in [1.165, 1.54) is 4.70 Å². The van der Waals surface area contributed by atoms with Crippen LogP contribution in [0.4, 0.5) is 0 Å². The van der Waals surface area contributed by atoms with Crippen LogP contribution in [0.15, 0.2) is 24.3 Å². The standard InChI is InChI=1S/C11H14N2OS/c12-7-8(5-6-14)11-13-9-3-1-2-4-10(9)15-11/h1-4,8,14H,5-7,12H2. The molecule has 2 aromatic rings. The Kier molecular flexibility index (Phi) is 3.30. The molecule has 0 bridgehead atoms. The third-order valence-corrected chi connectivity index (χ3v) is 3.62. The van der Waals surface area contributed by atoms with E-state index in [2.05, 4.69) is 11.1 Å². The summed E-state index contributed by atoms with van der Waals surface area (Å²) in [6.45, 7) is 0.707. The summed E-state index contributed by atoms with van der Waals surface area (Å²) < 4.78 is 1.18. The Morgan fingerprint density at radius 2 is 2.20 bits per heavy atom. The normalized spacial score (nSPS) is 13.2. The lowest BCUT2D eigenvalue weighted by Crippen LogP contribution is -2.13. The zero-order valence-electron chi connectivity index (χ0n) is 8.39. The molecule has 0 saturated carbocycles. The van der Waals surface area contributed by atoms with E-state index in [4.69, 9.17) is 10.8 Å². The Bertz CT molecular complexity index is 408. The molecular formula is C11H14N2OS. The lowest BCUT2D eigenvalue weighted by Gasteiger charge is -2.08. The van der Waals surface area contributed by atoms with Crippen LogP contribution in [0.5, 0.6) is 0 Å². The topological polar surface area (TPSA) is 59.1 Å². The van der Waals surface area contributed by atoms with Crippen LogP contribution in [-0.4, -0.2) is 23.2 Å². The van der Waals surface area contributed by atoms with Crippen molar-refractivity contribution in [3.8, 4) is 0 Å². The van der Waals surface area contributed by atoms with E-state index in [0.717, 1.165) is 10.5 Å². The molecule has 3 N–H and O–H groups in total. The number of nitrogens with zero attached hydrogens (tertiary/aromatic N) is 1. The number of fused-ring (bicyclic) bond motifs is 1. The van der Waals surface area contributed by atoms with Crippen molar-refractivity contribution in [3.05, 3.63) is 29.3 Å². The van der Waals surface area contributed by atoms with Crippen LogP contribution >= 0.6 is 11.3 Å². The highest BCUT2D eigenvalue weighted by Gasteiger charge is 2.13. The summed E-state index contributed by atoms with van der Waals surface area (Å²) in [6, 6.07) is 8.05. The van der Waals surface area contributed by atoms with Crippen LogP contribution in [0.3, 0.4) is 0 Å². The number of benzene rings is 1. The molecule has 0 radical (unpaired) electrons. The predicted molar refractivity (Wildman–Crippen MR) is 63.1 cm³/mol. The Morgan fingerprint density at radius 1 is 1.40 bits per heavy atom. The van der Waals surface area contributed by atoms with Crippen molar-refractivity contribution >= 4 is 21.6 Å². The number of hydrogen-bond donors (Lipinski definition) is 2. The Hall–Kier alpha value is -0.970. The molecule has 3 nitrogen and oxygen atoms in total. The minimum atomic E-state index is 0.164. The third-order valence-electron chi connectivity index (χ3n) is 2.42. The van der Waals surface area contributed by atoms with Crippen molar-refractivity contribution in [2.45, 2.75) is 12.3 Å². The molecular weight excluding hydrogens is 208 g/mol. The molecule has 1 aromatic carbocycles. The van der Waals surface area contributed by atoms with Gasteiger partial charge in [0, 0.05) is 19.1 Å². The number of nitrogens with two attached hydrogens (primary N) is 1. The van der Waals surface area contributed by atoms with Crippen molar-refractivity contribution in [2.75, 3.05) is 13.2 Å². The molecule has 0 fully saturated rings. The molecule has 0 aliphatic heterocycles. The molecule has 80 valence electrons. The highest BCUT2D eigenvalue weighted by molar-refractivity contribution is 7.18. The average molecular weight is 222 g/mol. The first kappa shape index (κ1) is 10.5. The van der Waals surface area contributed by atoms with E-state index >= 15 is 0 Å². The van der Waals surface area contributed by atoms with Crippen molar-refractivity contribution in [2.24, 2.45) is 5.73 Å². The Balaban J connectivity index is 2.34. The van der Waals surface area contributed by atoms with Gasteiger partial charge in [0.1, 0.15) is 0 Å². The fraction of sp³-hybridized carbons (Fsp3) is 0.364. The van der Waals surface area contributed by atoms with Crippen LogP contribution < -0.4 is 5.73 Å². The SMILES string of the molecule is NCC(CCO)c1nc2ccccc2s1. The van der Waals surface area contributed by atoms with E-state index in [1.54, 1.807) is 11.3 Å². The molecule has 0 saturated heterocycles. The largest absolute Gasteiger partial charge is 0.396 e. The van der Waals surface area contributed by atoms with Crippen LogP contribution in [-0.2, 0) is 0 Å². The van der Waals surface area contributed by atoms with E-state index in [1.807, 2.05) is 18.2 Å². The van der Waals surface area contributed by atoms with Crippen LogP contribution in [0.25, 0.3) is 10.2 Å². The highest BCUT2D eigenvalue weighted by atomic mass is 32.1. The zero-order chi connectivity index (χ0) is 10.7. The van der Waals surface area contributed by atoms with Gasteiger partial charge in [-0.3, -0.25) is 0 Å². The van der Waals surface area contributed by atoms with E-state index in [0.29, 0.717) is 13.0 Å². The lowest BCUT2D eigenvalue weighted by molar-refractivity contribution is 0.276. The average Bonchev–Trinajstić information content (AvgIpc) is 2.69. The van der Waals surface area contributed by atoms with Gasteiger partial charge in [-0.25, -0.2) is 4.98 Å². The van der Waals surface area contributed by atoms with Crippen molar-refractivity contribution in [3.63, 3.8) is 0 Å². The number of aromatic nitrogens is 1. The summed E-state index contributed by atoms with van der Waals surface area (Å²) in [5, 5.41) is 9.96. The molecule has 1 atom stereocenters. The summed E-state index contributed by atoms with van der Waals surface area (Å²) in [5.41, 5.74) is 6.69. The minimum absolute atomic E-state index is 0.164. The van der Waals surface area contributed by atoms with Gasteiger partial charge in [0.05, 0.1) is 15.2 Å². The summed E-state index contributed by atoms with van der Waals surface area (Å²) in [7, 11) is 0. The van der Waals surface area contributed by atoms with Gasteiger partial charge in [0.2, 0.25) is 0 Å². The van der Waals surface area contributed by atoms with Gasteiger partial charge in [0.25, 0.3) is 0 Å². The summed E-state index contributed by atoms with van der Waals surface area (Å²) >= 11 is 1.67. The summed E-state index contributed by atoms with van der Waals surface area (Å²) in [4.78, 5) is 4.53. The van der Waals surface area contributed by atoms with Crippen molar-refractivity contribution < 1.29 is 5.11 Å². The van der Waals surface area contributed by atoms with E-state index < -0.39 is 0 Å². The summed E-state index contributed by atoms with van der Waals surface area (Å²) in [5.74, 6) is 0.187. The van der Waals surface area contributed by atoms with Gasteiger partial charge in [0.15, 0.2) is 0 Å². The van der Waals surface area contributed by atoms with Crippen LogP contribution in [0, 0.1) is 0 Å². The predicted octanol–water partition coefficient (Wildman–Crippen LogP) is 1.72. The van der Waals surface area contributed by atoms with Gasteiger partial charge in [-0.15, -0.1) is 11.3 Å². The van der Waals surface area contributed by atoms with Gasteiger partial charge in [-0.2, -0.15) is 0 Å². The van der Waals surface area contributed by atoms with Gasteiger partial charge < -0.3 is 10.8 Å². The van der Waals surface area contributed by atoms with E-state index in [9.17, 15) is 0 Å². The molecule has 1 unspecified atom stereocenters. The molecule has 4 heteroatoms. The molecule has 1 aromatic heterocycles. The summed E-state index contributed by atoms with van der Waals surface area (Å²) in [6.07, 6.45) is 0.691. The number of para-hydroxylation sites is 1. The maximum absolute atomic E-state index is 8.93. The number of aliphatic hydroxyl groups excluding tert-OH is 1. The van der Waals surface area contributed by atoms with Crippen molar-refractivity contribution in [1.29, 1.82) is 0 Å². The molecule has 15 heavy (non-hydrogen) atoms. The molecule has 0 aliphatic rings. The maximum Gasteiger partial charge on any atom is 0.0982 e.